The molecule has 4 heteroatoms. The second-order valence-corrected chi connectivity index (χ2v) is 4.22. The molecular formula is C11H14FN3. The smallest absolute Gasteiger partial charge is 0.149 e. The van der Waals surface area contributed by atoms with Crippen LogP contribution in [-0.2, 0) is 12.7 Å². The Morgan fingerprint density at radius 1 is 1.40 bits per heavy atom. The van der Waals surface area contributed by atoms with Gasteiger partial charge in [-0.05, 0) is 32.0 Å². The molecule has 1 heterocycles. The molecule has 0 saturated heterocycles. The van der Waals surface area contributed by atoms with Crippen molar-refractivity contribution in [2.24, 2.45) is 7.05 Å². The number of benzene rings is 1. The summed E-state index contributed by atoms with van der Waals surface area (Å²) < 4.78 is 15.6. The van der Waals surface area contributed by atoms with Crippen LogP contribution in [-0.4, -0.2) is 9.78 Å². The van der Waals surface area contributed by atoms with E-state index in [-0.39, 0.29) is 0 Å². The van der Waals surface area contributed by atoms with Crippen molar-refractivity contribution in [2.45, 2.75) is 19.5 Å². The highest BCUT2D eigenvalue weighted by molar-refractivity contribution is 5.85. The molecule has 15 heavy (non-hydrogen) atoms. The molecule has 1 aromatic carbocycles. The van der Waals surface area contributed by atoms with Gasteiger partial charge in [0.25, 0.3) is 0 Å². The number of rotatable bonds is 1. The lowest BCUT2D eigenvalue weighted by molar-refractivity contribution is 0.215. The number of alkyl halides is 1. The molecule has 0 aliphatic rings. The molecule has 1 aromatic heterocycles. The molecule has 0 spiro atoms. The molecule has 0 aliphatic heterocycles. The van der Waals surface area contributed by atoms with Crippen molar-refractivity contribution in [1.82, 2.24) is 9.78 Å². The Kier molecular flexibility index (Phi) is 1.96. The van der Waals surface area contributed by atoms with E-state index in [1.54, 1.807) is 23.9 Å². The van der Waals surface area contributed by atoms with Gasteiger partial charge in [0.15, 0.2) is 0 Å². The number of hydrogen-bond acceptors (Lipinski definition) is 2. The molecule has 80 valence electrons. The molecular weight excluding hydrogens is 193 g/mol. The van der Waals surface area contributed by atoms with E-state index >= 15 is 0 Å². The molecule has 0 amide bonds. The van der Waals surface area contributed by atoms with E-state index in [1.165, 1.54) is 13.8 Å². The first-order valence-corrected chi connectivity index (χ1v) is 4.81. The number of nitrogen functional groups attached to an aromatic ring is 1. The minimum atomic E-state index is -1.45. The summed E-state index contributed by atoms with van der Waals surface area (Å²) >= 11 is 0. The maximum absolute atomic E-state index is 13.9. The van der Waals surface area contributed by atoms with Crippen LogP contribution in [0.2, 0.25) is 0 Å². The van der Waals surface area contributed by atoms with Crippen LogP contribution < -0.4 is 5.73 Å². The molecule has 0 saturated carbocycles. The third-order valence-electron chi connectivity index (χ3n) is 2.44. The van der Waals surface area contributed by atoms with E-state index < -0.39 is 5.67 Å². The highest BCUT2D eigenvalue weighted by atomic mass is 19.1. The van der Waals surface area contributed by atoms with Gasteiger partial charge in [-0.25, -0.2) is 4.39 Å². The van der Waals surface area contributed by atoms with Gasteiger partial charge in [-0.15, -0.1) is 0 Å². The Labute approximate surface area is 87.7 Å². The number of anilines is 1. The van der Waals surface area contributed by atoms with E-state index in [0.717, 1.165) is 10.9 Å². The van der Waals surface area contributed by atoms with Gasteiger partial charge in [0.2, 0.25) is 0 Å². The predicted octanol–water partition coefficient (Wildman–Crippen LogP) is 2.36. The molecule has 0 bridgehead atoms. The van der Waals surface area contributed by atoms with Crippen LogP contribution in [0.3, 0.4) is 0 Å². The van der Waals surface area contributed by atoms with Crippen LogP contribution in [0.4, 0.5) is 10.1 Å². The summed E-state index contributed by atoms with van der Waals surface area (Å²) in [5.74, 6) is 0. The summed E-state index contributed by atoms with van der Waals surface area (Å²) in [5, 5.41) is 4.97. The number of nitrogens with zero attached hydrogens (tertiary/aromatic N) is 2. The minimum absolute atomic E-state index is 0.437. The molecule has 2 aromatic rings. The van der Waals surface area contributed by atoms with Crippen LogP contribution in [0.15, 0.2) is 18.2 Å². The van der Waals surface area contributed by atoms with E-state index in [4.69, 9.17) is 5.73 Å². The summed E-state index contributed by atoms with van der Waals surface area (Å²) in [5.41, 5.74) is 6.19. The van der Waals surface area contributed by atoms with Crippen molar-refractivity contribution in [2.75, 3.05) is 5.73 Å². The van der Waals surface area contributed by atoms with Crippen molar-refractivity contribution in [3.05, 3.63) is 23.9 Å². The summed E-state index contributed by atoms with van der Waals surface area (Å²) in [6.45, 7) is 3.00. The lowest BCUT2D eigenvalue weighted by Gasteiger charge is -2.10. The second kappa shape index (κ2) is 2.95. The highest BCUT2D eigenvalue weighted by Crippen LogP contribution is 2.31. The Bertz CT molecular complexity index is 508. The topological polar surface area (TPSA) is 43.8 Å². The third-order valence-corrected chi connectivity index (χ3v) is 2.44. The molecule has 0 fully saturated rings. The first kappa shape index (κ1) is 9.96. The van der Waals surface area contributed by atoms with Gasteiger partial charge in [-0.1, -0.05) is 0 Å². The number of aryl methyl sites for hydroxylation is 1. The third kappa shape index (κ3) is 1.56. The van der Waals surface area contributed by atoms with Crippen molar-refractivity contribution in [1.29, 1.82) is 0 Å². The molecule has 2 N–H and O–H groups in total. The predicted molar refractivity (Wildman–Crippen MR) is 59.3 cm³/mol. The van der Waals surface area contributed by atoms with E-state index in [0.29, 0.717) is 11.4 Å². The lowest BCUT2D eigenvalue weighted by Crippen LogP contribution is -2.10. The number of halogens is 1. The molecule has 0 atom stereocenters. The average Bonchev–Trinajstić information content (AvgIpc) is 2.42. The number of fused-ring (bicyclic) bond motifs is 1. The summed E-state index contributed by atoms with van der Waals surface area (Å²) in [6.07, 6.45) is 0. The van der Waals surface area contributed by atoms with Crippen molar-refractivity contribution >= 4 is 16.6 Å². The number of nitrogens with two attached hydrogens (primary N) is 1. The van der Waals surface area contributed by atoms with Gasteiger partial charge < -0.3 is 5.73 Å². The Hall–Kier alpha value is -1.58. The average molecular weight is 207 g/mol. The fourth-order valence-corrected chi connectivity index (χ4v) is 1.72. The van der Waals surface area contributed by atoms with Crippen molar-refractivity contribution in [3.8, 4) is 0 Å². The van der Waals surface area contributed by atoms with Crippen LogP contribution in [0, 0.1) is 0 Å². The van der Waals surface area contributed by atoms with Crippen LogP contribution in [0.5, 0.6) is 0 Å². The maximum Gasteiger partial charge on any atom is 0.149 e. The SMILES string of the molecule is Cn1nc(C(C)(C)F)c2cc(N)ccc21. The maximum atomic E-state index is 13.9. The van der Waals surface area contributed by atoms with Gasteiger partial charge in [0.1, 0.15) is 11.4 Å². The van der Waals surface area contributed by atoms with Crippen molar-refractivity contribution in [3.63, 3.8) is 0 Å². The minimum Gasteiger partial charge on any atom is -0.399 e. The Morgan fingerprint density at radius 3 is 2.67 bits per heavy atom. The Balaban J connectivity index is 2.81. The summed E-state index contributed by atoms with van der Waals surface area (Å²) in [6, 6.07) is 5.41. The summed E-state index contributed by atoms with van der Waals surface area (Å²) in [4.78, 5) is 0. The van der Waals surface area contributed by atoms with Gasteiger partial charge in [0, 0.05) is 18.1 Å². The van der Waals surface area contributed by atoms with Gasteiger partial charge in [-0.3, -0.25) is 4.68 Å². The first-order valence-electron chi connectivity index (χ1n) is 4.81. The number of aromatic nitrogens is 2. The highest BCUT2D eigenvalue weighted by Gasteiger charge is 2.25. The molecule has 3 nitrogen and oxygen atoms in total. The monoisotopic (exact) mass is 207 g/mol. The van der Waals surface area contributed by atoms with Crippen LogP contribution in [0.25, 0.3) is 10.9 Å². The van der Waals surface area contributed by atoms with E-state index in [1.807, 2.05) is 6.07 Å². The van der Waals surface area contributed by atoms with Crippen molar-refractivity contribution < 1.29 is 4.39 Å². The zero-order chi connectivity index (χ0) is 11.2. The molecule has 0 aliphatic carbocycles. The normalized spacial score (nSPS) is 12.3. The summed E-state index contributed by atoms with van der Waals surface area (Å²) in [7, 11) is 1.80. The lowest BCUT2D eigenvalue weighted by atomic mass is 10.0. The Morgan fingerprint density at radius 2 is 2.07 bits per heavy atom. The largest absolute Gasteiger partial charge is 0.399 e. The van der Waals surface area contributed by atoms with E-state index in [2.05, 4.69) is 5.10 Å². The molecule has 2 rings (SSSR count). The fraction of sp³-hybridized carbons (Fsp3) is 0.364. The standard InChI is InChI=1S/C11H14FN3/c1-11(2,12)10-8-6-7(13)4-5-9(8)15(3)14-10/h4-6H,13H2,1-3H3. The molecule has 0 radical (unpaired) electrons. The van der Waals surface area contributed by atoms with Gasteiger partial charge in [-0.2, -0.15) is 5.10 Å². The van der Waals surface area contributed by atoms with Crippen LogP contribution >= 0.6 is 0 Å². The van der Waals surface area contributed by atoms with Gasteiger partial charge in [0.05, 0.1) is 5.52 Å². The number of hydrogen-bond donors (Lipinski definition) is 1. The quantitative estimate of drug-likeness (QED) is 0.729. The fourth-order valence-electron chi connectivity index (χ4n) is 1.72. The molecule has 0 unspecified atom stereocenters. The first-order chi connectivity index (χ1) is 6.89. The zero-order valence-corrected chi connectivity index (χ0v) is 9.08. The second-order valence-electron chi connectivity index (χ2n) is 4.22. The van der Waals surface area contributed by atoms with Crippen LogP contribution in [0.1, 0.15) is 19.5 Å². The van der Waals surface area contributed by atoms with E-state index in [9.17, 15) is 4.39 Å². The zero-order valence-electron chi connectivity index (χ0n) is 9.08. The van der Waals surface area contributed by atoms with Gasteiger partial charge >= 0.3 is 0 Å².